The molecule has 0 aliphatic heterocycles. The van der Waals surface area contributed by atoms with Gasteiger partial charge in [-0.1, -0.05) is 26.0 Å². The molecule has 0 aliphatic rings. The summed E-state index contributed by atoms with van der Waals surface area (Å²) in [6.45, 7) is 5.56. The third-order valence-corrected chi connectivity index (χ3v) is 4.26. The number of hydrogen-bond donors (Lipinski definition) is 3. The molecule has 2 rings (SSSR count). The van der Waals surface area contributed by atoms with Gasteiger partial charge in [-0.15, -0.1) is 11.3 Å². The summed E-state index contributed by atoms with van der Waals surface area (Å²) in [5, 5.41) is 17.1. The number of hydrogen-bond acceptors (Lipinski definition) is 4. The standard InChI is InChI=1S/C17H20N2O3S/c1-10(2)15(19-16(21)14-5-4-8-23-14)17(22)18-12-7-6-11(3)9-13(12)20/h4-10,15,20H,1-3H3,(H,18,22)(H,19,21). The summed E-state index contributed by atoms with van der Waals surface area (Å²) in [5.74, 6) is -0.719. The van der Waals surface area contributed by atoms with E-state index in [9.17, 15) is 14.7 Å². The van der Waals surface area contributed by atoms with Crippen molar-refractivity contribution >= 4 is 28.8 Å². The van der Waals surface area contributed by atoms with Gasteiger partial charge in [0.2, 0.25) is 5.91 Å². The van der Waals surface area contributed by atoms with Crippen LogP contribution in [0.4, 0.5) is 5.69 Å². The van der Waals surface area contributed by atoms with Crippen molar-refractivity contribution in [2.24, 2.45) is 5.92 Å². The predicted molar refractivity (Wildman–Crippen MR) is 91.9 cm³/mol. The number of carbonyl (C=O) groups is 2. The Balaban J connectivity index is 2.10. The van der Waals surface area contributed by atoms with Crippen LogP contribution in [0.5, 0.6) is 5.75 Å². The topological polar surface area (TPSA) is 78.4 Å². The molecule has 0 radical (unpaired) electrons. The predicted octanol–water partition coefficient (Wildman–Crippen LogP) is 3.16. The molecule has 0 saturated heterocycles. The molecule has 1 heterocycles. The van der Waals surface area contributed by atoms with Crippen molar-refractivity contribution in [1.82, 2.24) is 5.32 Å². The summed E-state index contributed by atoms with van der Waals surface area (Å²) < 4.78 is 0. The van der Waals surface area contributed by atoms with Crippen LogP contribution >= 0.6 is 11.3 Å². The summed E-state index contributed by atoms with van der Waals surface area (Å²) >= 11 is 1.32. The van der Waals surface area contributed by atoms with Crippen LogP contribution in [0, 0.1) is 12.8 Å². The number of amides is 2. The van der Waals surface area contributed by atoms with Gasteiger partial charge in [-0.2, -0.15) is 0 Å². The quantitative estimate of drug-likeness (QED) is 0.736. The highest BCUT2D eigenvalue weighted by atomic mass is 32.1. The number of nitrogens with one attached hydrogen (secondary N) is 2. The highest BCUT2D eigenvalue weighted by molar-refractivity contribution is 7.12. The van der Waals surface area contributed by atoms with Crippen LogP contribution in [0.2, 0.25) is 0 Å². The van der Waals surface area contributed by atoms with E-state index >= 15 is 0 Å². The average Bonchev–Trinajstić information content (AvgIpc) is 3.01. The second-order valence-corrected chi connectivity index (χ2v) is 6.63. The molecular formula is C17H20N2O3S. The summed E-state index contributed by atoms with van der Waals surface area (Å²) in [6, 6.07) is 7.82. The summed E-state index contributed by atoms with van der Waals surface area (Å²) in [4.78, 5) is 25.2. The Morgan fingerprint density at radius 1 is 1.22 bits per heavy atom. The molecule has 0 aliphatic carbocycles. The number of aromatic hydroxyl groups is 1. The van der Waals surface area contributed by atoms with E-state index < -0.39 is 6.04 Å². The molecule has 0 spiro atoms. The highest BCUT2D eigenvalue weighted by Gasteiger charge is 2.25. The third-order valence-electron chi connectivity index (χ3n) is 3.39. The van der Waals surface area contributed by atoms with Crippen molar-refractivity contribution in [2.75, 3.05) is 5.32 Å². The van der Waals surface area contributed by atoms with Gasteiger partial charge >= 0.3 is 0 Å². The largest absolute Gasteiger partial charge is 0.506 e. The SMILES string of the molecule is Cc1ccc(NC(=O)C(NC(=O)c2cccs2)C(C)C)c(O)c1. The molecule has 2 amide bonds. The van der Waals surface area contributed by atoms with Gasteiger partial charge in [-0.25, -0.2) is 0 Å². The van der Waals surface area contributed by atoms with Crippen molar-refractivity contribution in [3.63, 3.8) is 0 Å². The first kappa shape index (κ1) is 17.0. The van der Waals surface area contributed by atoms with E-state index in [1.54, 1.807) is 30.3 Å². The fraction of sp³-hybridized carbons (Fsp3) is 0.294. The Labute approximate surface area is 139 Å². The average molecular weight is 332 g/mol. The first-order valence-corrected chi connectivity index (χ1v) is 8.21. The number of anilines is 1. The monoisotopic (exact) mass is 332 g/mol. The molecule has 1 unspecified atom stereocenters. The Hall–Kier alpha value is -2.34. The molecule has 1 aromatic heterocycles. The van der Waals surface area contributed by atoms with Gasteiger partial charge in [0.15, 0.2) is 0 Å². The van der Waals surface area contributed by atoms with Crippen molar-refractivity contribution in [2.45, 2.75) is 26.8 Å². The van der Waals surface area contributed by atoms with Gasteiger partial charge < -0.3 is 15.7 Å². The van der Waals surface area contributed by atoms with Crippen LogP contribution in [-0.2, 0) is 4.79 Å². The first-order chi connectivity index (χ1) is 10.9. The maximum atomic E-state index is 12.5. The van der Waals surface area contributed by atoms with Crippen LogP contribution in [0.3, 0.4) is 0 Å². The smallest absolute Gasteiger partial charge is 0.262 e. The van der Waals surface area contributed by atoms with Crippen molar-refractivity contribution in [1.29, 1.82) is 0 Å². The lowest BCUT2D eigenvalue weighted by atomic mass is 10.0. The van der Waals surface area contributed by atoms with Crippen molar-refractivity contribution in [3.05, 3.63) is 46.2 Å². The van der Waals surface area contributed by atoms with E-state index in [0.717, 1.165) is 5.56 Å². The number of thiophene rings is 1. The summed E-state index contributed by atoms with van der Waals surface area (Å²) in [6.07, 6.45) is 0. The van der Waals surface area contributed by atoms with E-state index in [4.69, 9.17) is 0 Å². The molecular weight excluding hydrogens is 312 g/mol. The van der Waals surface area contributed by atoms with Gasteiger partial charge in [0.25, 0.3) is 5.91 Å². The van der Waals surface area contributed by atoms with E-state index in [2.05, 4.69) is 10.6 Å². The van der Waals surface area contributed by atoms with Gasteiger partial charge in [-0.3, -0.25) is 9.59 Å². The van der Waals surface area contributed by atoms with Crippen molar-refractivity contribution in [3.8, 4) is 5.75 Å². The molecule has 3 N–H and O–H groups in total. The third kappa shape index (κ3) is 4.32. The molecule has 2 aromatic rings. The minimum atomic E-state index is -0.690. The van der Waals surface area contributed by atoms with Crippen LogP contribution in [-0.4, -0.2) is 23.0 Å². The zero-order chi connectivity index (χ0) is 17.0. The molecule has 23 heavy (non-hydrogen) atoms. The number of benzene rings is 1. The highest BCUT2D eigenvalue weighted by Crippen LogP contribution is 2.24. The molecule has 1 aromatic carbocycles. The molecule has 6 heteroatoms. The number of rotatable bonds is 5. The maximum Gasteiger partial charge on any atom is 0.262 e. The molecule has 0 saturated carbocycles. The second-order valence-electron chi connectivity index (χ2n) is 5.68. The van der Waals surface area contributed by atoms with Gasteiger partial charge in [0.1, 0.15) is 11.8 Å². The Morgan fingerprint density at radius 2 is 1.96 bits per heavy atom. The molecule has 5 nitrogen and oxygen atoms in total. The molecule has 1 atom stereocenters. The van der Waals surface area contributed by atoms with Crippen LogP contribution in [0.15, 0.2) is 35.7 Å². The Morgan fingerprint density at radius 3 is 2.52 bits per heavy atom. The molecule has 122 valence electrons. The zero-order valence-electron chi connectivity index (χ0n) is 13.3. The summed E-state index contributed by atoms with van der Waals surface area (Å²) in [5.41, 5.74) is 1.23. The Bertz CT molecular complexity index is 696. The van der Waals surface area contributed by atoms with Gasteiger partial charge in [0.05, 0.1) is 10.6 Å². The Kier molecular flexibility index (Phi) is 5.39. The first-order valence-electron chi connectivity index (χ1n) is 7.33. The number of carbonyl (C=O) groups excluding carboxylic acids is 2. The fourth-order valence-electron chi connectivity index (χ4n) is 2.11. The van der Waals surface area contributed by atoms with Crippen LogP contribution in [0.25, 0.3) is 0 Å². The van der Waals surface area contributed by atoms with Crippen LogP contribution < -0.4 is 10.6 Å². The lowest BCUT2D eigenvalue weighted by molar-refractivity contribution is -0.118. The van der Waals surface area contributed by atoms with Crippen LogP contribution in [0.1, 0.15) is 29.1 Å². The van der Waals surface area contributed by atoms with E-state index in [0.29, 0.717) is 10.6 Å². The lowest BCUT2D eigenvalue weighted by Crippen LogP contribution is -2.46. The minimum absolute atomic E-state index is 0.00504. The number of aryl methyl sites for hydroxylation is 1. The lowest BCUT2D eigenvalue weighted by Gasteiger charge is -2.21. The number of phenolic OH excluding ortho intramolecular Hbond substituents is 1. The fourth-order valence-corrected chi connectivity index (χ4v) is 2.74. The van der Waals surface area contributed by atoms with Gasteiger partial charge in [-0.05, 0) is 42.0 Å². The number of phenols is 1. The normalized spacial score (nSPS) is 12.0. The van der Waals surface area contributed by atoms with E-state index in [1.807, 2.05) is 26.2 Å². The summed E-state index contributed by atoms with van der Waals surface area (Å²) in [7, 11) is 0. The van der Waals surface area contributed by atoms with Gasteiger partial charge in [0, 0.05) is 0 Å². The maximum absolute atomic E-state index is 12.5. The molecule has 0 bridgehead atoms. The molecule has 0 fully saturated rings. The van der Waals surface area contributed by atoms with E-state index in [-0.39, 0.29) is 23.5 Å². The zero-order valence-corrected chi connectivity index (χ0v) is 14.1. The van der Waals surface area contributed by atoms with Crippen molar-refractivity contribution < 1.29 is 14.7 Å². The minimum Gasteiger partial charge on any atom is -0.506 e. The second kappa shape index (κ2) is 7.28. The van der Waals surface area contributed by atoms with E-state index in [1.165, 1.54) is 11.3 Å².